The molecule has 0 N–H and O–H groups in total. The summed E-state index contributed by atoms with van der Waals surface area (Å²) in [5.41, 5.74) is 1.74. The second-order valence-corrected chi connectivity index (χ2v) is 10.8. The van der Waals surface area contributed by atoms with Crippen LogP contribution in [0.1, 0.15) is 38.1 Å². The lowest BCUT2D eigenvalue weighted by atomic mass is 9.95. The quantitative estimate of drug-likeness (QED) is 0.234. The van der Waals surface area contributed by atoms with E-state index in [9.17, 15) is 9.59 Å². The number of carbonyl (C=O) groups excluding carboxylic acids is 1. The maximum atomic E-state index is 13.9. The summed E-state index contributed by atoms with van der Waals surface area (Å²) in [7, 11) is 1.55. The van der Waals surface area contributed by atoms with Crippen LogP contribution in [0.25, 0.3) is 17.4 Å². The number of ether oxygens (including phenoxy) is 3. The molecule has 0 amide bonds. The normalized spacial score (nSPS) is 15.0. The van der Waals surface area contributed by atoms with Gasteiger partial charge in [0.2, 0.25) is 0 Å². The maximum Gasteiger partial charge on any atom is 0.338 e. The number of thiazole rings is 1. The predicted octanol–water partition coefficient (Wildman–Crippen LogP) is 5.77. The van der Waals surface area contributed by atoms with Crippen molar-refractivity contribution in [3.63, 3.8) is 0 Å². The molecule has 4 aromatic rings. The Hall–Kier alpha value is -3.79. The van der Waals surface area contributed by atoms with E-state index in [4.69, 9.17) is 41.8 Å². The molecule has 0 spiro atoms. The van der Waals surface area contributed by atoms with E-state index in [0.29, 0.717) is 65.8 Å². The number of rotatable bonds is 8. The summed E-state index contributed by atoms with van der Waals surface area (Å²) in [5, 5.41) is 0.967. The van der Waals surface area contributed by atoms with Gasteiger partial charge < -0.3 is 18.6 Å². The Morgan fingerprint density at radius 3 is 2.61 bits per heavy atom. The third-order valence-electron chi connectivity index (χ3n) is 6.42. The minimum absolute atomic E-state index is 0.179. The highest BCUT2D eigenvalue weighted by atomic mass is 35.5. The van der Waals surface area contributed by atoms with Gasteiger partial charge in [0.05, 0.1) is 47.2 Å². The Labute approximate surface area is 249 Å². The van der Waals surface area contributed by atoms with Crippen LogP contribution < -0.4 is 24.4 Å². The molecule has 0 saturated heterocycles. The van der Waals surface area contributed by atoms with Gasteiger partial charge in [0, 0.05) is 16.7 Å². The van der Waals surface area contributed by atoms with Crippen molar-refractivity contribution in [2.45, 2.75) is 26.8 Å². The number of hydrogen-bond acceptors (Lipinski definition) is 8. The van der Waals surface area contributed by atoms with Crippen LogP contribution in [-0.2, 0) is 9.53 Å². The molecule has 0 radical (unpaired) electrons. The molecule has 2 aromatic carbocycles. The topological polar surface area (TPSA) is 92.3 Å². The van der Waals surface area contributed by atoms with Crippen molar-refractivity contribution in [2.75, 3.05) is 20.3 Å². The van der Waals surface area contributed by atoms with Gasteiger partial charge in [0.15, 0.2) is 16.3 Å². The number of benzene rings is 2. The van der Waals surface area contributed by atoms with E-state index in [1.54, 1.807) is 75.6 Å². The number of furan rings is 1. The molecule has 212 valence electrons. The molecule has 11 heteroatoms. The first-order valence-electron chi connectivity index (χ1n) is 12.8. The Balaban J connectivity index is 1.65. The lowest BCUT2D eigenvalue weighted by Crippen LogP contribution is -2.39. The van der Waals surface area contributed by atoms with Gasteiger partial charge >= 0.3 is 5.97 Å². The molecule has 1 atom stereocenters. The van der Waals surface area contributed by atoms with Crippen LogP contribution >= 0.6 is 34.5 Å². The van der Waals surface area contributed by atoms with Crippen molar-refractivity contribution in [1.29, 1.82) is 0 Å². The number of esters is 1. The Morgan fingerprint density at radius 1 is 1.10 bits per heavy atom. The van der Waals surface area contributed by atoms with Gasteiger partial charge in [-0.25, -0.2) is 9.79 Å². The fourth-order valence-electron chi connectivity index (χ4n) is 4.63. The zero-order valence-electron chi connectivity index (χ0n) is 22.7. The first-order chi connectivity index (χ1) is 19.7. The van der Waals surface area contributed by atoms with Crippen molar-refractivity contribution >= 4 is 46.6 Å². The summed E-state index contributed by atoms with van der Waals surface area (Å²) in [4.78, 5) is 32.2. The molecule has 0 aliphatic carbocycles. The molecule has 0 saturated carbocycles. The molecule has 0 fully saturated rings. The van der Waals surface area contributed by atoms with E-state index in [2.05, 4.69) is 4.99 Å². The van der Waals surface area contributed by atoms with Crippen molar-refractivity contribution in [3.8, 4) is 22.8 Å². The standard InChI is InChI=1S/C30H26Cl2N2O6S/c1-5-38-24-13-17(7-11-23(24)37-4)27-26(29(36)39-6-2)16(3)33-30-34(27)28(35)25(41-30)15-19-9-12-22(40-19)20-10-8-18(31)14-21(20)32/h7-15,27H,5-6H2,1-4H3/b25-15-/t27-/m0/s1. The fraction of sp³-hybridized carbons (Fsp3) is 0.233. The van der Waals surface area contributed by atoms with Crippen LogP contribution in [0, 0.1) is 0 Å². The molecule has 41 heavy (non-hydrogen) atoms. The molecule has 2 aromatic heterocycles. The minimum Gasteiger partial charge on any atom is -0.493 e. The highest BCUT2D eigenvalue weighted by Crippen LogP contribution is 2.36. The highest BCUT2D eigenvalue weighted by Gasteiger charge is 2.34. The number of hydrogen-bond donors (Lipinski definition) is 0. The SMILES string of the molecule is CCOC(=O)C1=C(C)N=c2s/c(=C\c3ccc(-c4ccc(Cl)cc4Cl)o3)c(=O)n2[C@H]1c1ccc(OC)c(OCC)c1. The molecule has 8 nitrogen and oxygen atoms in total. The number of halogens is 2. The third-order valence-corrected chi connectivity index (χ3v) is 7.95. The van der Waals surface area contributed by atoms with Gasteiger partial charge in [-0.1, -0.05) is 40.6 Å². The molecule has 1 aliphatic heterocycles. The van der Waals surface area contributed by atoms with Gasteiger partial charge in [-0.05, 0) is 68.8 Å². The van der Waals surface area contributed by atoms with E-state index < -0.39 is 12.0 Å². The third kappa shape index (κ3) is 5.57. The second kappa shape index (κ2) is 12.0. The molecule has 1 aliphatic rings. The Kier molecular flexibility index (Phi) is 8.40. The van der Waals surface area contributed by atoms with Gasteiger partial charge in [0.25, 0.3) is 5.56 Å². The number of methoxy groups -OCH3 is 1. The highest BCUT2D eigenvalue weighted by molar-refractivity contribution is 7.07. The average molecular weight is 614 g/mol. The number of allylic oxidation sites excluding steroid dienone is 1. The first-order valence-corrected chi connectivity index (χ1v) is 14.4. The fourth-order valence-corrected chi connectivity index (χ4v) is 6.16. The lowest BCUT2D eigenvalue weighted by Gasteiger charge is -2.25. The van der Waals surface area contributed by atoms with E-state index in [0.717, 1.165) is 0 Å². The molecule has 5 rings (SSSR count). The number of nitrogens with zero attached hydrogens (tertiary/aromatic N) is 2. The van der Waals surface area contributed by atoms with Crippen LogP contribution in [0.4, 0.5) is 0 Å². The number of fused-ring (bicyclic) bond motifs is 1. The van der Waals surface area contributed by atoms with E-state index in [1.165, 1.54) is 15.9 Å². The minimum atomic E-state index is -0.794. The summed E-state index contributed by atoms with van der Waals surface area (Å²) in [6.45, 7) is 5.92. The molecular weight excluding hydrogens is 587 g/mol. The zero-order chi connectivity index (χ0) is 29.3. The molecular formula is C30H26Cl2N2O6S. The smallest absolute Gasteiger partial charge is 0.338 e. The summed E-state index contributed by atoms with van der Waals surface area (Å²) in [5.74, 6) is 1.48. The van der Waals surface area contributed by atoms with Crippen molar-refractivity contribution in [2.24, 2.45) is 4.99 Å². The summed E-state index contributed by atoms with van der Waals surface area (Å²) >= 11 is 13.6. The van der Waals surface area contributed by atoms with Gasteiger partial charge in [-0.15, -0.1) is 0 Å². The van der Waals surface area contributed by atoms with E-state index in [1.807, 2.05) is 6.92 Å². The van der Waals surface area contributed by atoms with Crippen LogP contribution in [0.15, 0.2) is 74.0 Å². The average Bonchev–Trinajstić information content (AvgIpc) is 3.52. The van der Waals surface area contributed by atoms with Crippen LogP contribution in [0.2, 0.25) is 10.0 Å². The molecule has 3 heterocycles. The lowest BCUT2D eigenvalue weighted by molar-refractivity contribution is -0.139. The van der Waals surface area contributed by atoms with Gasteiger partial charge in [-0.2, -0.15) is 0 Å². The maximum absolute atomic E-state index is 13.9. The van der Waals surface area contributed by atoms with Crippen molar-refractivity contribution < 1.29 is 23.4 Å². The van der Waals surface area contributed by atoms with Crippen LogP contribution in [-0.4, -0.2) is 30.9 Å². The summed E-state index contributed by atoms with van der Waals surface area (Å²) in [6, 6.07) is 13.2. The van der Waals surface area contributed by atoms with Crippen LogP contribution in [0.5, 0.6) is 11.5 Å². The zero-order valence-corrected chi connectivity index (χ0v) is 25.0. The molecule has 0 bridgehead atoms. The van der Waals surface area contributed by atoms with Crippen LogP contribution in [0.3, 0.4) is 0 Å². The largest absolute Gasteiger partial charge is 0.493 e. The predicted molar refractivity (Wildman–Crippen MR) is 159 cm³/mol. The van der Waals surface area contributed by atoms with E-state index in [-0.39, 0.29) is 17.7 Å². The van der Waals surface area contributed by atoms with Crippen molar-refractivity contribution in [3.05, 3.63) is 101 Å². The summed E-state index contributed by atoms with van der Waals surface area (Å²) in [6.07, 6.45) is 1.65. The van der Waals surface area contributed by atoms with E-state index >= 15 is 0 Å². The van der Waals surface area contributed by atoms with Gasteiger partial charge in [-0.3, -0.25) is 9.36 Å². The van der Waals surface area contributed by atoms with Crippen molar-refractivity contribution in [1.82, 2.24) is 4.57 Å². The molecule has 0 unspecified atom stereocenters. The van der Waals surface area contributed by atoms with Gasteiger partial charge in [0.1, 0.15) is 11.5 Å². The first kappa shape index (κ1) is 28.7. The number of carbonyl (C=O) groups is 1. The Morgan fingerprint density at radius 2 is 1.90 bits per heavy atom. The number of aromatic nitrogens is 1. The summed E-state index contributed by atoms with van der Waals surface area (Å²) < 4.78 is 24.5. The monoisotopic (exact) mass is 612 g/mol. The second-order valence-electron chi connectivity index (χ2n) is 8.97. The Bertz CT molecular complexity index is 1850.